The Kier molecular flexibility index (Phi) is 6.78. The highest BCUT2D eigenvalue weighted by atomic mass is 16.6. The third-order valence-corrected chi connectivity index (χ3v) is 0.866. The lowest BCUT2D eigenvalue weighted by molar-refractivity contribution is 0.135. The molecule has 50 valence electrons. The van der Waals surface area contributed by atoms with Crippen LogP contribution in [-0.2, 0) is 4.84 Å². The first-order valence-electron chi connectivity index (χ1n) is 2.94. The normalized spacial score (nSPS) is 9.75. The zero-order valence-electron chi connectivity index (χ0n) is 5.31. The van der Waals surface area contributed by atoms with Gasteiger partial charge < -0.3 is 10.2 Å². The Balaban J connectivity index is 2.53. The van der Waals surface area contributed by atoms with Gasteiger partial charge in [0, 0.05) is 0 Å². The first-order valence-corrected chi connectivity index (χ1v) is 2.94. The molecule has 0 amide bonds. The van der Waals surface area contributed by atoms with Crippen molar-refractivity contribution in [1.82, 2.24) is 5.32 Å². The van der Waals surface area contributed by atoms with E-state index in [1.54, 1.807) is 0 Å². The van der Waals surface area contributed by atoms with Crippen LogP contribution in [0.4, 0.5) is 0 Å². The number of hydrogen-bond donors (Lipinski definition) is 2. The smallest absolute Gasteiger partial charge is 0.0691 e. The molecule has 0 aromatic rings. The van der Waals surface area contributed by atoms with Gasteiger partial charge in [-0.25, -0.2) is 5.90 Å². The van der Waals surface area contributed by atoms with Crippen LogP contribution >= 0.6 is 0 Å². The number of hydrogen-bond acceptors (Lipinski definition) is 3. The highest BCUT2D eigenvalue weighted by Crippen LogP contribution is 1.72. The van der Waals surface area contributed by atoms with Crippen molar-refractivity contribution in [2.45, 2.75) is 13.3 Å². The predicted octanol–water partition coefficient (Wildman–Crippen LogP) is -0.124. The van der Waals surface area contributed by atoms with Crippen molar-refractivity contribution in [2.24, 2.45) is 5.90 Å². The Morgan fingerprint density at radius 1 is 1.62 bits per heavy atom. The molecule has 0 saturated carbocycles. The second kappa shape index (κ2) is 6.88. The molecular weight excluding hydrogens is 104 g/mol. The Morgan fingerprint density at radius 2 is 2.38 bits per heavy atom. The highest BCUT2D eigenvalue weighted by Gasteiger charge is 1.81. The van der Waals surface area contributed by atoms with E-state index < -0.39 is 0 Å². The van der Waals surface area contributed by atoms with Crippen molar-refractivity contribution in [1.29, 1.82) is 0 Å². The third-order valence-electron chi connectivity index (χ3n) is 0.866. The van der Waals surface area contributed by atoms with E-state index in [0.29, 0.717) is 6.61 Å². The molecule has 0 aliphatic rings. The van der Waals surface area contributed by atoms with Crippen LogP contribution in [0.2, 0.25) is 0 Å². The second-order valence-electron chi connectivity index (χ2n) is 1.58. The molecule has 3 nitrogen and oxygen atoms in total. The molecule has 3 heteroatoms. The van der Waals surface area contributed by atoms with Crippen molar-refractivity contribution in [3.63, 3.8) is 0 Å². The predicted molar refractivity (Wildman–Crippen MR) is 33.3 cm³/mol. The van der Waals surface area contributed by atoms with E-state index in [4.69, 9.17) is 5.90 Å². The van der Waals surface area contributed by atoms with E-state index in [9.17, 15) is 0 Å². The topological polar surface area (TPSA) is 47.3 Å². The molecule has 0 atom stereocenters. The van der Waals surface area contributed by atoms with Crippen LogP contribution in [0, 0.1) is 0 Å². The van der Waals surface area contributed by atoms with Crippen LogP contribution < -0.4 is 11.2 Å². The molecule has 0 radical (unpaired) electrons. The molecule has 0 unspecified atom stereocenters. The monoisotopic (exact) mass is 118 g/mol. The second-order valence-corrected chi connectivity index (χ2v) is 1.58. The van der Waals surface area contributed by atoms with Gasteiger partial charge in [-0.2, -0.15) is 0 Å². The summed E-state index contributed by atoms with van der Waals surface area (Å²) in [6.07, 6.45) is 0.990. The average Bonchev–Trinajstić information content (AvgIpc) is 1.81. The molecule has 0 heterocycles. The van der Waals surface area contributed by atoms with Gasteiger partial charge in [-0.05, 0) is 19.5 Å². The Labute approximate surface area is 50.2 Å². The number of nitrogens with one attached hydrogen (secondary N) is 1. The van der Waals surface area contributed by atoms with Gasteiger partial charge in [0.25, 0.3) is 0 Å². The number of rotatable bonds is 5. The summed E-state index contributed by atoms with van der Waals surface area (Å²) in [6, 6.07) is 0. The number of nitrogens with two attached hydrogens (primary N) is 1. The summed E-state index contributed by atoms with van der Waals surface area (Å²) in [6.45, 7) is 4.73. The van der Waals surface area contributed by atoms with Crippen molar-refractivity contribution in [3.05, 3.63) is 0 Å². The largest absolute Gasteiger partial charge is 0.317 e. The van der Waals surface area contributed by atoms with E-state index in [-0.39, 0.29) is 0 Å². The summed E-state index contributed by atoms with van der Waals surface area (Å²) < 4.78 is 0. The van der Waals surface area contributed by atoms with Crippen LogP contribution in [-0.4, -0.2) is 19.7 Å². The zero-order valence-corrected chi connectivity index (χ0v) is 5.31. The van der Waals surface area contributed by atoms with Crippen molar-refractivity contribution in [3.8, 4) is 0 Å². The van der Waals surface area contributed by atoms with Crippen molar-refractivity contribution < 1.29 is 4.84 Å². The zero-order chi connectivity index (χ0) is 6.24. The molecular formula is C5H14N2O. The summed E-state index contributed by atoms with van der Waals surface area (Å²) in [7, 11) is 0. The highest BCUT2D eigenvalue weighted by molar-refractivity contribution is 4.40. The summed E-state index contributed by atoms with van der Waals surface area (Å²) in [4.78, 5) is 4.35. The molecule has 0 aliphatic carbocycles. The minimum atomic E-state index is 0.646. The van der Waals surface area contributed by atoms with Crippen LogP contribution in [0.15, 0.2) is 0 Å². The summed E-state index contributed by atoms with van der Waals surface area (Å²) in [5.74, 6) is 4.78. The minimum absolute atomic E-state index is 0.646. The van der Waals surface area contributed by atoms with Crippen molar-refractivity contribution >= 4 is 0 Å². The maximum absolute atomic E-state index is 4.78. The van der Waals surface area contributed by atoms with Gasteiger partial charge in [0.15, 0.2) is 0 Å². The van der Waals surface area contributed by atoms with E-state index in [1.165, 1.54) is 0 Å². The third kappa shape index (κ3) is 5.88. The first kappa shape index (κ1) is 7.88. The van der Waals surface area contributed by atoms with Gasteiger partial charge in [-0.3, -0.25) is 0 Å². The van der Waals surface area contributed by atoms with E-state index in [2.05, 4.69) is 17.1 Å². The van der Waals surface area contributed by atoms with Crippen LogP contribution in [0.1, 0.15) is 13.3 Å². The van der Waals surface area contributed by atoms with Gasteiger partial charge >= 0.3 is 0 Å². The van der Waals surface area contributed by atoms with Crippen LogP contribution in [0.5, 0.6) is 0 Å². The lowest BCUT2D eigenvalue weighted by atomic mass is 10.4. The molecule has 0 aromatic carbocycles. The van der Waals surface area contributed by atoms with E-state index >= 15 is 0 Å². The van der Waals surface area contributed by atoms with Gasteiger partial charge in [-0.15, -0.1) is 0 Å². The fourth-order valence-corrected chi connectivity index (χ4v) is 0.457. The summed E-state index contributed by atoms with van der Waals surface area (Å²) in [5, 5.41) is 3.15. The Morgan fingerprint density at radius 3 is 2.88 bits per heavy atom. The Bertz CT molecular complexity index is 35.4. The van der Waals surface area contributed by atoms with Gasteiger partial charge in [0.05, 0.1) is 6.61 Å². The maximum Gasteiger partial charge on any atom is 0.0691 e. The lowest BCUT2D eigenvalue weighted by Gasteiger charge is -1.97. The van der Waals surface area contributed by atoms with Gasteiger partial charge in [0.1, 0.15) is 0 Å². The molecule has 0 rings (SSSR count). The molecule has 8 heavy (non-hydrogen) atoms. The molecule has 0 fully saturated rings. The fraction of sp³-hybridized carbons (Fsp3) is 1.00. The van der Waals surface area contributed by atoms with Crippen LogP contribution in [0.25, 0.3) is 0 Å². The summed E-state index contributed by atoms with van der Waals surface area (Å²) in [5.41, 5.74) is 0. The SMILES string of the molecule is CCNCCCON. The molecule has 3 N–H and O–H groups in total. The minimum Gasteiger partial charge on any atom is -0.317 e. The van der Waals surface area contributed by atoms with E-state index in [1.807, 2.05) is 0 Å². The lowest BCUT2D eigenvalue weighted by Crippen LogP contribution is -2.16. The molecule has 0 aromatic heterocycles. The standard InChI is InChI=1S/C5H14N2O/c1-2-7-4-3-5-8-6/h7H,2-6H2,1H3. The summed E-state index contributed by atoms with van der Waals surface area (Å²) >= 11 is 0. The maximum atomic E-state index is 4.78. The Hall–Kier alpha value is -0.120. The van der Waals surface area contributed by atoms with Crippen molar-refractivity contribution in [2.75, 3.05) is 19.7 Å². The quantitative estimate of drug-likeness (QED) is 0.390. The van der Waals surface area contributed by atoms with Gasteiger partial charge in [0.2, 0.25) is 0 Å². The molecule has 0 aliphatic heterocycles. The molecule has 0 bridgehead atoms. The van der Waals surface area contributed by atoms with E-state index in [0.717, 1.165) is 19.5 Å². The average molecular weight is 118 g/mol. The fourth-order valence-electron chi connectivity index (χ4n) is 0.457. The molecule has 0 spiro atoms. The molecule has 0 saturated heterocycles. The van der Waals surface area contributed by atoms with Gasteiger partial charge in [-0.1, -0.05) is 6.92 Å². The van der Waals surface area contributed by atoms with Crippen LogP contribution in [0.3, 0.4) is 0 Å². The first-order chi connectivity index (χ1) is 3.91.